The van der Waals surface area contributed by atoms with E-state index in [0.29, 0.717) is 51.5 Å². The largest absolute Gasteiger partial charge is 0.497 e. The minimum atomic E-state index is -0.279. The summed E-state index contributed by atoms with van der Waals surface area (Å²) in [5.74, 6) is 9.15. The first kappa shape index (κ1) is 67.6. The number of halogens is 1. The third-order valence-electron chi connectivity index (χ3n) is 18.6. The third kappa shape index (κ3) is 14.5. The normalized spacial score (nSPS) is 13.5. The van der Waals surface area contributed by atoms with Crippen LogP contribution in [0.15, 0.2) is 158 Å². The highest BCUT2D eigenvalue weighted by Gasteiger charge is 2.25. The number of nitrogens with zero attached hydrogens (tertiary/aromatic N) is 13. The van der Waals surface area contributed by atoms with Crippen LogP contribution in [-0.4, -0.2) is 145 Å². The van der Waals surface area contributed by atoms with Crippen molar-refractivity contribution in [3.8, 4) is 56.4 Å². The minimum Gasteiger partial charge on any atom is -0.497 e. The van der Waals surface area contributed by atoms with Crippen molar-refractivity contribution in [2.75, 3.05) is 111 Å². The molecule has 0 spiro atoms. The van der Waals surface area contributed by atoms with E-state index in [9.17, 15) is 4.39 Å². The Hall–Kier alpha value is -12.2. The average molecular weight is 1390 g/mol. The predicted molar refractivity (Wildman–Crippen MR) is 411 cm³/mol. The number of methoxy groups -OCH3 is 1. The van der Waals surface area contributed by atoms with Gasteiger partial charge < -0.3 is 69.4 Å². The van der Waals surface area contributed by atoms with Crippen molar-refractivity contribution < 1.29 is 23.3 Å². The molecule has 3 aliphatic rings. The number of fused-ring (bicyclic) bond motifs is 8. The highest BCUT2D eigenvalue weighted by atomic mass is 19.1. The van der Waals surface area contributed by atoms with Crippen LogP contribution in [0.5, 0.6) is 23.0 Å². The number of pyridine rings is 2. The van der Waals surface area contributed by atoms with Crippen molar-refractivity contribution in [3.05, 3.63) is 198 Å². The number of hydrogen-bond acceptors (Lipinski definition) is 20. The minimum absolute atomic E-state index is 0.279. The fraction of sp³-hybridized carbons (Fsp3) is 0.263. The van der Waals surface area contributed by atoms with Crippen LogP contribution < -0.4 is 49.6 Å². The van der Waals surface area contributed by atoms with Crippen LogP contribution in [0.4, 0.5) is 39.4 Å². The lowest BCUT2D eigenvalue weighted by atomic mass is 10.0. The van der Waals surface area contributed by atoms with Crippen LogP contribution in [0.25, 0.3) is 88.4 Å². The monoisotopic (exact) mass is 1390 g/mol. The van der Waals surface area contributed by atoms with E-state index in [4.69, 9.17) is 28.9 Å². The quantitative estimate of drug-likeness (QED) is 0.0558. The number of H-pyrrole nitrogens is 3. The first-order chi connectivity index (χ1) is 50.8. The fourth-order valence-corrected chi connectivity index (χ4v) is 13.7. The Morgan fingerprint density at radius 1 is 0.500 bits per heavy atom. The lowest BCUT2D eigenvalue weighted by molar-refractivity contribution is 0.331. The van der Waals surface area contributed by atoms with Gasteiger partial charge in [0.25, 0.3) is 0 Å². The summed E-state index contributed by atoms with van der Waals surface area (Å²) in [4.78, 5) is 60.1. The van der Waals surface area contributed by atoms with Crippen molar-refractivity contribution >= 4 is 90.1 Å². The Morgan fingerprint density at radius 3 is 1.66 bits per heavy atom. The van der Waals surface area contributed by atoms with Gasteiger partial charge in [-0.1, -0.05) is 30.3 Å². The van der Waals surface area contributed by atoms with E-state index < -0.39 is 0 Å². The third-order valence-corrected chi connectivity index (χ3v) is 18.6. The van der Waals surface area contributed by atoms with Crippen LogP contribution in [0.3, 0.4) is 0 Å². The van der Waals surface area contributed by atoms with Gasteiger partial charge in [0.15, 0.2) is 5.65 Å². The summed E-state index contributed by atoms with van der Waals surface area (Å²) >= 11 is 0. The van der Waals surface area contributed by atoms with E-state index in [-0.39, 0.29) is 5.82 Å². The SMILES string of the molecule is CCNc1nc2ccc(-c3ccc4c(c3)CN(c3ccnc5cc(F)ccc35)CCO4)cc2[nH]1.CCNc1nc2ccc(-c3ccc4c(c3)CN(c3ncnc(NCC)c3C)CCO4)cc2[nH]1.COc1ccc2c(N3CCOc4ccc(-c5cnc6nc(C)[nH]c6c5)cc4C3)nc(CN(C)C)nc2c1. The zero-order valence-corrected chi connectivity index (χ0v) is 59.5. The van der Waals surface area contributed by atoms with Crippen molar-refractivity contribution in [3.63, 3.8) is 0 Å². The van der Waals surface area contributed by atoms with E-state index >= 15 is 0 Å². The number of ether oxygens (including phenoxy) is 4. The molecule has 3 aliphatic heterocycles. The average Bonchev–Trinajstić information content (AvgIpc) is 1.32. The molecule has 23 nitrogen and oxygen atoms in total. The van der Waals surface area contributed by atoms with Gasteiger partial charge >= 0.3 is 0 Å². The molecule has 0 fully saturated rings. The Morgan fingerprint density at radius 2 is 1.06 bits per heavy atom. The van der Waals surface area contributed by atoms with Gasteiger partial charge in [-0.25, -0.2) is 44.3 Å². The number of nitrogens with one attached hydrogen (secondary N) is 6. The molecule has 0 bridgehead atoms. The second kappa shape index (κ2) is 29.8. The molecule has 10 heterocycles. The molecule has 0 radical (unpaired) electrons. The second-order valence-corrected chi connectivity index (χ2v) is 26.2. The van der Waals surface area contributed by atoms with Crippen LogP contribution in [0.1, 0.15) is 54.7 Å². The fourth-order valence-electron chi connectivity index (χ4n) is 13.7. The maximum atomic E-state index is 13.7. The molecule has 7 aromatic carbocycles. The Kier molecular flexibility index (Phi) is 19.4. The van der Waals surface area contributed by atoms with Crippen LogP contribution >= 0.6 is 0 Å². The highest BCUT2D eigenvalue weighted by Crippen LogP contribution is 2.39. The number of rotatable bonds is 15. The zero-order valence-electron chi connectivity index (χ0n) is 59.5. The number of aromatic amines is 3. The lowest BCUT2D eigenvalue weighted by Gasteiger charge is -2.24. The van der Waals surface area contributed by atoms with Crippen molar-refractivity contribution in [2.24, 2.45) is 0 Å². The van der Waals surface area contributed by atoms with E-state index in [2.05, 4.69) is 197 Å². The molecule has 0 atom stereocenters. The van der Waals surface area contributed by atoms with Gasteiger partial charge in [0, 0.05) is 108 Å². The van der Waals surface area contributed by atoms with Crippen LogP contribution in [-0.2, 0) is 26.2 Å². The van der Waals surface area contributed by atoms with Gasteiger partial charge in [0.2, 0.25) is 11.9 Å². The van der Waals surface area contributed by atoms with Gasteiger partial charge in [0.1, 0.15) is 84.1 Å². The first-order valence-electron chi connectivity index (χ1n) is 35.2. The molecular weight excluding hydrogens is 1310 g/mol. The predicted octanol–water partition coefficient (Wildman–Crippen LogP) is 14.7. The molecule has 0 saturated heterocycles. The van der Waals surface area contributed by atoms with Gasteiger partial charge in [0.05, 0.1) is 71.9 Å². The number of benzene rings is 7. The molecular formula is C80H82FN19O4. The topological polar surface area (TPSA) is 249 Å². The zero-order chi connectivity index (χ0) is 71.4. The Balaban J connectivity index is 0.000000126. The smallest absolute Gasteiger partial charge is 0.201 e. The van der Waals surface area contributed by atoms with E-state index in [1.54, 1.807) is 25.7 Å². The van der Waals surface area contributed by atoms with Crippen LogP contribution in [0.2, 0.25) is 0 Å². The summed E-state index contributed by atoms with van der Waals surface area (Å²) in [6, 6.07) is 46.5. The van der Waals surface area contributed by atoms with E-state index in [1.807, 2.05) is 64.5 Å². The molecule has 0 unspecified atom stereocenters. The Bertz CT molecular complexity index is 5470. The summed E-state index contributed by atoms with van der Waals surface area (Å²) in [6.07, 6.45) is 5.24. The summed E-state index contributed by atoms with van der Waals surface area (Å²) in [5, 5.41) is 11.7. The highest BCUT2D eigenvalue weighted by molar-refractivity contribution is 5.93. The van der Waals surface area contributed by atoms with Gasteiger partial charge in [-0.15, -0.1) is 0 Å². The van der Waals surface area contributed by atoms with Crippen molar-refractivity contribution in [2.45, 2.75) is 60.8 Å². The maximum absolute atomic E-state index is 13.7. The first-order valence-corrected chi connectivity index (χ1v) is 35.2. The van der Waals surface area contributed by atoms with Crippen molar-refractivity contribution in [1.82, 2.24) is 64.7 Å². The molecule has 7 aromatic heterocycles. The number of anilines is 6. The molecule has 0 amide bonds. The second-order valence-electron chi connectivity index (χ2n) is 26.2. The Labute approximate surface area is 601 Å². The molecule has 6 N–H and O–H groups in total. The van der Waals surface area contributed by atoms with Crippen LogP contribution in [0, 0.1) is 19.7 Å². The standard InChI is InChI=1S/C28H29N7O2.C27H24FN5O.C25H29N7O/c1-17-30-24-12-19(14-29-27(24)31-17)18-5-8-25-20(11-18)15-35(9-10-37-25)28-22-7-6-21(36-4)13-23(22)32-26(33-28)16-34(2)3;1-2-29-27-31-22-7-3-18(14-24(22)32-27)17-4-8-26-19(13-17)16-33(11-12-34-26)25-9-10-30-23-15-20(28)5-6-21(23)25;1-4-26-23-16(3)24(29-15-28-23)32-10-11-33-22-9-7-17(12-19(22)14-32)18-6-8-20-21(13-18)31-25(30-20)27-5-2/h5-8,11-14H,9-10,15-16H2,1-4H3,(H,29,30,31);3-10,13-15H,2,11-12,16H2,1H3,(H2,29,31,32);6-9,12-13,15H,4-5,10-11,14H2,1-3H3,(H,26,28,29)(H2,27,30,31). The molecule has 0 saturated carbocycles. The van der Waals surface area contributed by atoms with Gasteiger partial charge in [-0.3, -0.25) is 4.98 Å². The van der Waals surface area contributed by atoms with Gasteiger partial charge in [-0.2, -0.15) is 0 Å². The maximum Gasteiger partial charge on any atom is 0.201 e. The summed E-state index contributed by atoms with van der Waals surface area (Å²) < 4.78 is 37.5. The molecule has 528 valence electrons. The summed E-state index contributed by atoms with van der Waals surface area (Å²) in [7, 11) is 5.71. The lowest BCUT2D eigenvalue weighted by Crippen LogP contribution is -2.27. The number of aromatic nitrogens is 12. The number of aryl methyl sites for hydroxylation is 1. The molecule has 24 heteroatoms. The molecule has 14 aromatic rings. The summed E-state index contributed by atoms with van der Waals surface area (Å²) in [5.41, 5.74) is 19.2. The van der Waals surface area contributed by atoms with Gasteiger partial charge in [-0.05, 0) is 174 Å². The summed E-state index contributed by atoms with van der Waals surface area (Å²) in [6.45, 7) is 19.3. The number of imidazole rings is 3. The van der Waals surface area contributed by atoms with Crippen molar-refractivity contribution in [1.29, 1.82) is 0 Å². The van der Waals surface area contributed by atoms with E-state index in [1.165, 1.54) is 12.1 Å². The molecule has 17 rings (SSSR count). The molecule has 104 heavy (non-hydrogen) atoms. The number of hydrogen-bond donors (Lipinski definition) is 6. The van der Waals surface area contributed by atoms with E-state index in [0.717, 1.165) is 214 Å². The molecule has 0 aliphatic carbocycles.